The third kappa shape index (κ3) is 2.40. The van der Waals surface area contributed by atoms with Gasteiger partial charge in [0.05, 0.1) is 0 Å². The number of ether oxygens (including phenoxy) is 1. The van der Waals surface area contributed by atoms with E-state index in [1.54, 1.807) is 6.92 Å². The summed E-state index contributed by atoms with van der Waals surface area (Å²) in [5.74, 6) is -0.159. The normalized spacial score (nSPS) is 10.3. The summed E-state index contributed by atoms with van der Waals surface area (Å²) in [7, 11) is 0. The van der Waals surface area contributed by atoms with Crippen LogP contribution >= 0.6 is 0 Å². The second kappa shape index (κ2) is 4.79. The first-order chi connectivity index (χ1) is 7.79. The Balaban J connectivity index is 2.16. The highest BCUT2D eigenvalue weighted by molar-refractivity contribution is 5.83. The second-order valence-electron chi connectivity index (χ2n) is 3.70. The lowest BCUT2D eigenvalue weighted by Crippen LogP contribution is -2.02. The number of benzene rings is 2. The molecule has 2 nitrogen and oxygen atoms in total. The molecule has 0 unspecified atom stereocenters. The number of carbonyl (C=O) groups is 1. The molecule has 0 aliphatic carbocycles. The average molecular weight is 214 g/mol. The summed E-state index contributed by atoms with van der Waals surface area (Å²) in [5, 5.41) is 2.38. The van der Waals surface area contributed by atoms with Crippen LogP contribution in [0.1, 0.15) is 18.9 Å². The summed E-state index contributed by atoms with van der Waals surface area (Å²) in [6.45, 7) is 2.15. The molecular formula is C14H14O2. The number of carbonyl (C=O) groups excluding carboxylic acids is 1. The van der Waals surface area contributed by atoms with Gasteiger partial charge in [-0.25, -0.2) is 0 Å². The quantitative estimate of drug-likeness (QED) is 0.733. The summed E-state index contributed by atoms with van der Waals surface area (Å²) >= 11 is 0. The minimum Gasteiger partial charge on any atom is -0.461 e. The molecule has 2 aromatic rings. The van der Waals surface area contributed by atoms with Crippen LogP contribution in [0.4, 0.5) is 0 Å². The lowest BCUT2D eigenvalue weighted by molar-refractivity contribution is -0.144. The molecule has 0 aliphatic rings. The van der Waals surface area contributed by atoms with E-state index in [0.717, 1.165) is 5.56 Å². The fourth-order valence-electron chi connectivity index (χ4n) is 1.59. The highest BCUT2D eigenvalue weighted by atomic mass is 16.5. The fraction of sp³-hybridized carbons (Fsp3) is 0.214. The molecule has 0 saturated carbocycles. The van der Waals surface area contributed by atoms with Gasteiger partial charge < -0.3 is 4.74 Å². The van der Waals surface area contributed by atoms with Gasteiger partial charge in [0.25, 0.3) is 0 Å². The molecule has 82 valence electrons. The zero-order valence-corrected chi connectivity index (χ0v) is 9.27. The third-order valence-corrected chi connectivity index (χ3v) is 2.50. The highest BCUT2D eigenvalue weighted by Crippen LogP contribution is 2.16. The summed E-state index contributed by atoms with van der Waals surface area (Å²) in [4.78, 5) is 11.0. The van der Waals surface area contributed by atoms with Crippen LogP contribution in [0.3, 0.4) is 0 Å². The Hall–Kier alpha value is -1.83. The predicted octanol–water partition coefficient (Wildman–Crippen LogP) is 3.29. The van der Waals surface area contributed by atoms with Crippen molar-refractivity contribution < 1.29 is 9.53 Å². The van der Waals surface area contributed by atoms with Gasteiger partial charge in [-0.05, 0) is 22.4 Å². The maximum atomic E-state index is 11.0. The van der Waals surface area contributed by atoms with Crippen molar-refractivity contribution >= 4 is 16.7 Å². The Kier molecular flexibility index (Phi) is 3.20. The van der Waals surface area contributed by atoms with E-state index in [-0.39, 0.29) is 5.97 Å². The predicted molar refractivity (Wildman–Crippen MR) is 64.0 cm³/mol. The Bertz CT molecular complexity index is 503. The van der Waals surface area contributed by atoms with Crippen molar-refractivity contribution in [3.05, 3.63) is 48.0 Å². The van der Waals surface area contributed by atoms with E-state index in [2.05, 4.69) is 18.2 Å². The molecule has 0 aromatic heterocycles. The number of rotatable bonds is 3. The summed E-state index contributed by atoms with van der Waals surface area (Å²) in [6, 6.07) is 14.2. The van der Waals surface area contributed by atoms with Crippen LogP contribution in [0.5, 0.6) is 0 Å². The van der Waals surface area contributed by atoms with Crippen LogP contribution in [0.25, 0.3) is 10.8 Å². The standard InChI is InChI=1S/C14H14O2/c1-2-14(15)16-10-11-7-8-12-5-3-4-6-13(12)9-11/h3-9H,2,10H2,1H3. The van der Waals surface area contributed by atoms with Crippen LogP contribution in [-0.2, 0) is 16.1 Å². The number of hydrogen-bond donors (Lipinski definition) is 0. The monoisotopic (exact) mass is 214 g/mol. The largest absolute Gasteiger partial charge is 0.461 e. The molecule has 0 bridgehead atoms. The average Bonchev–Trinajstić information content (AvgIpc) is 2.35. The van der Waals surface area contributed by atoms with Crippen LogP contribution in [0, 0.1) is 0 Å². The molecule has 2 aromatic carbocycles. The molecule has 0 radical (unpaired) electrons. The first-order valence-electron chi connectivity index (χ1n) is 5.43. The molecule has 0 spiro atoms. The maximum Gasteiger partial charge on any atom is 0.305 e. The molecule has 16 heavy (non-hydrogen) atoms. The van der Waals surface area contributed by atoms with Crippen molar-refractivity contribution in [1.29, 1.82) is 0 Å². The minimum absolute atomic E-state index is 0.159. The van der Waals surface area contributed by atoms with Crippen molar-refractivity contribution in [2.45, 2.75) is 20.0 Å². The van der Waals surface area contributed by atoms with E-state index in [0.29, 0.717) is 13.0 Å². The van der Waals surface area contributed by atoms with Crippen molar-refractivity contribution in [1.82, 2.24) is 0 Å². The molecule has 0 heterocycles. The topological polar surface area (TPSA) is 26.3 Å². The fourth-order valence-corrected chi connectivity index (χ4v) is 1.59. The van der Waals surface area contributed by atoms with E-state index in [9.17, 15) is 4.79 Å². The summed E-state index contributed by atoms with van der Waals surface area (Å²) < 4.78 is 5.09. The van der Waals surface area contributed by atoms with E-state index in [1.807, 2.05) is 24.3 Å². The van der Waals surface area contributed by atoms with Crippen molar-refractivity contribution in [3.8, 4) is 0 Å². The first-order valence-corrected chi connectivity index (χ1v) is 5.43. The van der Waals surface area contributed by atoms with Gasteiger partial charge in [-0.15, -0.1) is 0 Å². The number of fused-ring (bicyclic) bond motifs is 1. The molecule has 0 atom stereocenters. The summed E-state index contributed by atoms with van der Waals surface area (Å²) in [6.07, 6.45) is 0.424. The molecular weight excluding hydrogens is 200 g/mol. The molecule has 0 fully saturated rings. The minimum atomic E-state index is -0.159. The van der Waals surface area contributed by atoms with Gasteiger partial charge in [-0.1, -0.05) is 43.3 Å². The Labute approximate surface area is 94.8 Å². The zero-order valence-electron chi connectivity index (χ0n) is 9.27. The molecule has 0 amide bonds. The van der Waals surface area contributed by atoms with E-state index in [1.165, 1.54) is 10.8 Å². The van der Waals surface area contributed by atoms with Crippen LogP contribution in [0.2, 0.25) is 0 Å². The third-order valence-electron chi connectivity index (χ3n) is 2.50. The molecule has 2 heteroatoms. The van der Waals surface area contributed by atoms with Crippen LogP contribution in [-0.4, -0.2) is 5.97 Å². The van der Waals surface area contributed by atoms with Crippen molar-refractivity contribution in [2.24, 2.45) is 0 Å². The molecule has 2 rings (SSSR count). The number of esters is 1. The summed E-state index contributed by atoms with van der Waals surface area (Å²) in [5.41, 5.74) is 1.03. The van der Waals surface area contributed by atoms with Crippen LogP contribution in [0.15, 0.2) is 42.5 Å². The van der Waals surface area contributed by atoms with Gasteiger partial charge >= 0.3 is 5.97 Å². The SMILES string of the molecule is CCC(=O)OCc1ccc2ccccc2c1. The second-order valence-corrected chi connectivity index (χ2v) is 3.70. The highest BCUT2D eigenvalue weighted by Gasteiger charge is 2.00. The molecule has 0 N–H and O–H groups in total. The maximum absolute atomic E-state index is 11.0. The van der Waals surface area contributed by atoms with E-state index >= 15 is 0 Å². The lowest BCUT2D eigenvalue weighted by atomic mass is 10.1. The van der Waals surface area contributed by atoms with Gasteiger partial charge in [-0.3, -0.25) is 4.79 Å². The van der Waals surface area contributed by atoms with Gasteiger partial charge in [-0.2, -0.15) is 0 Å². The molecule has 0 saturated heterocycles. The van der Waals surface area contributed by atoms with Crippen molar-refractivity contribution in [2.75, 3.05) is 0 Å². The Morgan fingerprint density at radius 3 is 2.62 bits per heavy atom. The van der Waals surface area contributed by atoms with Gasteiger partial charge in [0.1, 0.15) is 6.61 Å². The lowest BCUT2D eigenvalue weighted by Gasteiger charge is -2.04. The number of hydrogen-bond acceptors (Lipinski definition) is 2. The molecule has 0 aliphatic heterocycles. The Morgan fingerprint density at radius 1 is 1.12 bits per heavy atom. The van der Waals surface area contributed by atoms with Gasteiger partial charge in [0.15, 0.2) is 0 Å². The van der Waals surface area contributed by atoms with Crippen LogP contribution < -0.4 is 0 Å². The van der Waals surface area contributed by atoms with E-state index in [4.69, 9.17) is 4.74 Å². The zero-order chi connectivity index (χ0) is 11.4. The smallest absolute Gasteiger partial charge is 0.305 e. The van der Waals surface area contributed by atoms with Crippen molar-refractivity contribution in [3.63, 3.8) is 0 Å². The first kappa shape index (κ1) is 10.7. The van der Waals surface area contributed by atoms with Gasteiger partial charge in [0, 0.05) is 6.42 Å². The van der Waals surface area contributed by atoms with Gasteiger partial charge in [0.2, 0.25) is 0 Å². The van der Waals surface area contributed by atoms with E-state index < -0.39 is 0 Å². The Morgan fingerprint density at radius 2 is 1.88 bits per heavy atom.